The Morgan fingerprint density at radius 3 is 2.03 bits per heavy atom. The molecule has 1 unspecified atom stereocenters. The van der Waals surface area contributed by atoms with E-state index in [-0.39, 0.29) is 16.0 Å². The molecule has 0 radical (unpaired) electrons. The summed E-state index contributed by atoms with van der Waals surface area (Å²) in [5, 5.41) is 0. The lowest BCUT2D eigenvalue weighted by Crippen LogP contribution is -2.47. The molecule has 1 amide bonds. The molecular formula is C25H18FN3O4S. The van der Waals surface area contributed by atoms with Gasteiger partial charge in [0.2, 0.25) is 0 Å². The van der Waals surface area contributed by atoms with Crippen LogP contribution in [0.15, 0.2) is 106 Å². The number of amides is 1. The minimum atomic E-state index is -2.15. The Labute approximate surface area is 196 Å². The van der Waals surface area contributed by atoms with Crippen LogP contribution in [0.3, 0.4) is 0 Å². The van der Waals surface area contributed by atoms with Crippen LogP contribution in [-0.4, -0.2) is 24.9 Å². The molecular weight excluding hydrogens is 457 g/mol. The number of benzene rings is 3. The van der Waals surface area contributed by atoms with Gasteiger partial charge >= 0.3 is 5.69 Å². The van der Waals surface area contributed by atoms with E-state index >= 15 is 4.39 Å². The number of hydrogen-bond donors (Lipinski definition) is 0. The second-order valence-corrected chi connectivity index (χ2v) is 8.62. The van der Waals surface area contributed by atoms with Gasteiger partial charge in [-0.25, -0.2) is 13.8 Å². The summed E-state index contributed by atoms with van der Waals surface area (Å²) in [7, 11) is 0. The van der Waals surface area contributed by atoms with Crippen molar-refractivity contribution in [2.24, 2.45) is 4.99 Å². The van der Waals surface area contributed by atoms with E-state index in [1.165, 1.54) is 36.4 Å². The molecule has 0 saturated carbocycles. The summed E-state index contributed by atoms with van der Waals surface area (Å²) in [6.07, 6.45) is 0.685. The first kappa shape index (κ1) is 23.1. The summed E-state index contributed by atoms with van der Waals surface area (Å²) < 4.78 is 29.4. The third kappa shape index (κ3) is 4.66. The Morgan fingerprint density at radius 1 is 0.882 bits per heavy atom. The monoisotopic (exact) mass is 475 g/mol. The van der Waals surface area contributed by atoms with Gasteiger partial charge in [-0.1, -0.05) is 54.1 Å². The number of nitrogens with zero attached hydrogens (tertiary/aromatic N) is 3. The highest BCUT2D eigenvalue weighted by Crippen LogP contribution is 2.13. The van der Waals surface area contributed by atoms with Crippen LogP contribution in [0.1, 0.15) is 26.3 Å². The topological polar surface area (TPSA) is 96.5 Å². The van der Waals surface area contributed by atoms with Gasteiger partial charge < -0.3 is 4.55 Å². The van der Waals surface area contributed by atoms with E-state index in [1.54, 1.807) is 48.5 Å². The van der Waals surface area contributed by atoms with Gasteiger partial charge in [0.15, 0.2) is 16.2 Å². The predicted molar refractivity (Wildman–Crippen MR) is 124 cm³/mol. The van der Waals surface area contributed by atoms with E-state index < -0.39 is 40.2 Å². The molecule has 0 saturated heterocycles. The van der Waals surface area contributed by atoms with Gasteiger partial charge in [0.1, 0.15) is 17.6 Å². The molecule has 4 rings (SSSR count). The van der Waals surface area contributed by atoms with Crippen molar-refractivity contribution in [3.63, 3.8) is 0 Å². The molecule has 1 aromatic heterocycles. The van der Waals surface area contributed by atoms with E-state index in [2.05, 4.69) is 4.99 Å². The minimum absolute atomic E-state index is 0.0616. The van der Waals surface area contributed by atoms with Gasteiger partial charge in [0.05, 0.1) is 0 Å². The molecule has 1 atom stereocenters. The maximum Gasteiger partial charge on any atom is 0.379 e. The van der Waals surface area contributed by atoms with Crippen molar-refractivity contribution < 1.29 is 18.5 Å². The lowest BCUT2D eigenvalue weighted by atomic mass is 10.2. The van der Waals surface area contributed by atoms with Crippen LogP contribution in [-0.2, 0) is 11.4 Å². The van der Waals surface area contributed by atoms with Crippen LogP contribution in [0.2, 0.25) is 0 Å². The largest absolute Gasteiger partial charge is 0.587 e. The second kappa shape index (κ2) is 9.82. The molecule has 7 nitrogen and oxygen atoms in total. The number of rotatable bonds is 4. The minimum Gasteiger partial charge on any atom is -0.587 e. The molecule has 0 N–H and O–H groups in total. The van der Waals surface area contributed by atoms with Crippen LogP contribution < -0.4 is 11.2 Å². The summed E-state index contributed by atoms with van der Waals surface area (Å²) in [6, 6.07) is 22.0. The Bertz CT molecular complexity index is 1480. The lowest BCUT2D eigenvalue weighted by molar-refractivity contribution is 0.0944. The van der Waals surface area contributed by atoms with Gasteiger partial charge in [-0.2, -0.15) is 4.99 Å². The standard InChI is InChI=1S/C25H18FN3O4S/c1-17-12-14-20(15-13-17)34(33)28-16-21(26)22(27-23(30)18-8-4-2-5-9-18)29(25(28)32)24(31)19-10-6-3-7-11-19/h2-16H,1H3/b27-22+. The van der Waals surface area contributed by atoms with Gasteiger partial charge in [0, 0.05) is 11.1 Å². The summed E-state index contributed by atoms with van der Waals surface area (Å²) in [5.41, 5.74) is -0.764. The quantitative estimate of drug-likeness (QED) is 0.424. The Hall–Kier alpha value is -4.08. The fourth-order valence-corrected chi connectivity index (χ4v) is 4.14. The summed E-state index contributed by atoms with van der Waals surface area (Å²) in [6.45, 7) is 1.84. The van der Waals surface area contributed by atoms with Gasteiger partial charge in [-0.15, -0.1) is 3.97 Å². The van der Waals surface area contributed by atoms with Crippen molar-refractivity contribution in [3.8, 4) is 0 Å². The Balaban J connectivity index is 1.95. The highest BCUT2D eigenvalue weighted by atomic mass is 32.2. The maximum atomic E-state index is 15.3. The summed E-state index contributed by atoms with van der Waals surface area (Å²) in [5.74, 6) is -2.92. The molecule has 9 heteroatoms. The highest BCUT2D eigenvalue weighted by Gasteiger charge is 2.25. The molecule has 34 heavy (non-hydrogen) atoms. The zero-order valence-electron chi connectivity index (χ0n) is 17.9. The maximum absolute atomic E-state index is 15.3. The predicted octanol–water partition coefficient (Wildman–Crippen LogP) is 3.10. The van der Waals surface area contributed by atoms with Gasteiger partial charge in [-0.3, -0.25) is 9.59 Å². The normalized spacial score (nSPS) is 12.4. The first-order valence-corrected chi connectivity index (χ1v) is 11.2. The summed E-state index contributed by atoms with van der Waals surface area (Å²) >= 11 is -2.15. The molecule has 1 heterocycles. The number of halogens is 1. The number of carbonyl (C=O) groups is 2. The van der Waals surface area contributed by atoms with Crippen molar-refractivity contribution in [2.75, 3.05) is 0 Å². The van der Waals surface area contributed by atoms with Crippen LogP contribution >= 0.6 is 0 Å². The van der Waals surface area contributed by atoms with Crippen molar-refractivity contribution in [1.82, 2.24) is 8.54 Å². The molecule has 0 spiro atoms. The van der Waals surface area contributed by atoms with Crippen molar-refractivity contribution in [1.29, 1.82) is 0 Å². The highest BCUT2D eigenvalue weighted by molar-refractivity contribution is 7.89. The number of carbonyl (C=O) groups excluding carboxylic acids is 2. The van der Waals surface area contributed by atoms with Crippen molar-refractivity contribution in [3.05, 3.63) is 130 Å². The first-order chi connectivity index (χ1) is 16.4. The fourth-order valence-electron chi connectivity index (χ4n) is 3.14. The molecule has 0 fully saturated rings. The molecule has 0 aliphatic rings. The number of hydrogen-bond acceptors (Lipinski definition) is 4. The van der Waals surface area contributed by atoms with E-state index in [1.807, 2.05) is 6.92 Å². The molecule has 0 aliphatic carbocycles. The van der Waals surface area contributed by atoms with Gasteiger partial charge in [0.25, 0.3) is 11.8 Å². The van der Waals surface area contributed by atoms with Crippen LogP contribution in [0.5, 0.6) is 0 Å². The first-order valence-electron chi connectivity index (χ1n) is 10.1. The molecule has 170 valence electrons. The van der Waals surface area contributed by atoms with Crippen molar-refractivity contribution in [2.45, 2.75) is 11.8 Å². The Morgan fingerprint density at radius 2 is 1.44 bits per heavy atom. The SMILES string of the molecule is Cc1ccc([S+]([O-])n2cc(F)/c(=N\C(=O)c3ccccc3)n(C(=O)c3ccccc3)c2=O)cc1. The second-order valence-electron chi connectivity index (χ2n) is 7.26. The van der Waals surface area contributed by atoms with E-state index in [9.17, 15) is 18.9 Å². The van der Waals surface area contributed by atoms with E-state index in [0.29, 0.717) is 14.7 Å². The third-order valence-corrected chi connectivity index (χ3v) is 6.18. The third-order valence-electron chi connectivity index (χ3n) is 4.89. The van der Waals surface area contributed by atoms with Crippen LogP contribution in [0.25, 0.3) is 0 Å². The molecule has 0 bridgehead atoms. The van der Waals surface area contributed by atoms with Crippen LogP contribution in [0.4, 0.5) is 4.39 Å². The molecule has 0 aliphatic heterocycles. The lowest BCUT2D eigenvalue weighted by Gasteiger charge is -2.14. The average Bonchev–Trinajstić information content (AvgIpc) is 2.87. The zero-order valence-corrected chi connectivity index (χ0v) is 18.7. The van der Waals surface area contributed by atoms with Crippen LogP contribution in [0, 0.1) is 12.7 Å². The van der Waals surface area contributed by atoms with Crippen molar-refractivity contribution >= 4 is 23.2 Å². The summed E-state index contributed by atoms with van der Waals surface area (Å²) in [4.78, 5) is 43.2. The molecule has 3 aromatic carbocycles. The van der Waals surface area contributed by atoms with E-state index in [0.717, 1.165) is 5.56 Å². The fraction of sp³-hybridized carbons (Fsp3) is 0.0400. The average molecular weight is 476 g/mol. The smallest absolute Gasteiger partial charge is 0.379 e. The van der Waals surface area contributed by atoms with Gasteiger partial charge in [-0.05, 0) is 43.3 Å². The number of aryl methyl sites for hydroxylation is 1. The zero-order chi connectivity index (χ0) is 24.2. The van der Waals surface area contributed by atoms with E-state index in [4.69, 9.17) is 0 Å². The Kier molecular flexibility index (Phi) is 6.67. The molecule has 4 aromatic rings. The number of aromatic nitrogens is 2.